The van der Waals surface area contributed by atoms with Gasteiger partial charge in [-0.3, -0.25) is 0 Å². The molecule has 0 fully saturated rings. The number of hydrogen-bond acceptors (Lipinski definition) is 1. The van der Waals surface area contributed by atoms with Crippen molar-refractivity contribution in [2.45, 2.75) is 46.6 Å². The zero-order valence-corrected chi connectivity index (χ0v) is 14.0. The van der Waals surface area contributed by atoms with Crippen LogP contribution in [0.3, 0.4) is 0 Å². The fourth-order valence-electron chi connectivity index (χ4n) is 3.34. The van der Waals surface area contributed by atoms with Crippen molar-refractivity contribution in [1.29, 1.82) is 0 Å². The first-order valence-corrected chi connectivity index (χ1v) is 7.90. The normalized spacial score (nSPS) is 12.4. The van der Waals surface area contributed by atoms with Crippen LogP contribution in [0.15, 0.2) is 36.4 Å². The molecule has 0 bridgehead atoms. The molecule has 1 N–H and O–H groups in total. The van der Waals surface area contributed by atoms with Gasteiger partial charge in [0.05, 0.1) is 6.04 Å². The molecule has 0 aliphatic rings. The highest BCUT2D eigenvalue weighted by Gasteiger charge is 2.17. The van der Waals surface area contributed by atoms with E-state index in [2.05, 4.69) is 76.5 Å². The third-order valence-corrected chi connectivity index (χ3v) is 4.14. The van der Waals surface area contributed by atoms with Crippen molar-refractivity contribution in [3.05, 3.63) is 69.8 Å². The molecule has 0 saturated heterocycles. The maximum atomic E-state index is 3.51. The molecule has 1 atom stereocenters. The summed E-state index contributed by atoms with van der Waals surface area (Å²) in [5.41, 5.74) is 8.27. The lowest BCUT2D eigenvalue weighted by Gasteiger charge is -2.23. The maximum Gasteiger partial charge on any atom is 0.0579 e. The summed E-state index contributed by atoms with van der Waals surface area (Å²) in [5, 5.41) is 3.51. The first-order valence-electron chi connectivity index (χ1n) is 7.90. The van der Waals surface area contributed by atoms with Crippen molar-refractivity contribution in [3.63, 3.8) is 0 Å². The van der Waals surface area contributed by atoms with E-state index in [0.29, 0.717) is 0 Å². The van der Waals surface area contributed by atoms with Gasteiger partial charge in [0.2, 0.25) is 0 Å². The molecule has 0 aliphatic heterocycles. The van der Waals surface area contributed by atoms with Crippen molar-refractivity contribution >= 4 is 0 Å². The van der Waals surface area contributed by atoms with Crippen molar-refractivity contribution in [3.8, 4) is 0 Å². The van der Waals surface area contributed by atoms with Gasteiger partial charge in [-0.1, -0.05) is 55.3 Å². The van der Waals surface area contributed by atoms with Crippen LogP contribution in [0.4, 0.5) is 0 Å². The number of aryl methyl sites for hydroxylation is 4. The van der Waals surface area contributed by atoms with Crippen LogP contribution >= 0.6 is 0 Å². The van der Waals surface area contributed by atoms with Crippen molar-refractivity contribution < 1.29 is 0 Å². The van der Waals surface area contributed by atoms with Crippen molar-refractivity contribution in [1.82, 2.24) is 5.32 Å². The Labute approximate surface area is 129 Å². The molecular formula is C20H27N. The lowest BCUT2D eigenvalue weighted by Crippen LogP contribution is -2.20. The third-order valence-electron chi connectivity index (χ3n) is 4.14. The van der Waals surface area contributed by atoms with E-state index < -0.39 is 0 Å². The van der Waals surface area contributed by atoms with Gasteiger partial charge < -0.3 is 5.32 Å². The second-order valence-electron chi connectivity index (χ2n) is 6.03. The predicted octanol–water partition coefficient (Wildman–Crippen LogP) is 4.87. The second-order valence-corrected chi connectivity index (χ2v) is 6.03. The Balaban J connectivity index is 2.47. The second kappa shape index (κ2) is 6.91. The summed E-state index contributed by atoms with van der Waals surface area (Å²) in [7, 11) is 2.05. The highest BCUT2D eigenvalue weighted by molar-refractivity contribution is 5.44. The minimum atomic E-state index is 0.266. The van der Waals surface area contributed by atoms with Crippen LogP contribution in [-0.2, 0) is 6.42 Å². The predicted molar refractivity (Wildman–Crippen MR) is 92.0 cm³/mol. The molecule has 1 unspecified atom stereocenters. The molecule has 2 aromatic carbocycles. The summed E-state index contributed by atoms with van der Waals surface area (Å²) in [6, 6.07) is 13.8. The fraction of sp³-hybridized carbons (Fsp3) is 0.400. The number of nitrogens with one attached hydrogen (secondary N) is 1. The van der Waals surface area contributed by atoms with Gasteiger partial charge in [0, 0.05) is 0 Å². The molecule has 1 nitrogen and oxygen atoms in total. The van der Waals surface area contributed by atoms with Gasteiger partial charge in [-0.15, -0.1) is 0 Å². The van der Waals surface area contributed by atoms with Gasteiger partial charge in [0.1, 0.15) is 0 Å². The molecule has 2 aromatic rings. The first kappa shape index (κ1) is 15.8. The van der Waals surface area contributed by atoms with E-state index in [0.717, 1.165) is 6.42 Å². The van der Waals surface area contributed by atoms with E-state index in [1.165, 1.54) is 39.8 Å². The van der Waals surface area contributed by atoms with Crippen LogP contribution in [0.1, 0.15) is 52.8 Å². The summed E-state index contributed by atoms with van der Waals surface area (Å²) in [6.45, 7) is 8.83. The SMILES string of the molecule is CCCc1cccc(C(NC)c2c(C)cc(C)cc2C)c1. The largest absolute Gasteiger partial charge is 0.309 e. The molecule has 2 rings (SSSR count). The Morgan fingerprint density at radius 1 is 1.00 bits per heavy atom. The zero-order chi connectivity index (χ0) is 15.4. The van der Waals surface area contributed by atoms with E-state index in [9.17, 15) is 0 Å². The molecule has 0 amide bonds. The lowest BCUT2D eigenvalue weighted by atomic mass is 9.89. The van der Waals surface area contributed by atoms with Gasteiger partial charge in [0.15, 0.2) is 0 Å². The Bertz CT molecular complexity index is 590. The van der Waals surface area contributed by atoms with Crippen LogP contribution < -0.4 is 5.32 Å². The Hall–Kier alpha value is -1.60. The van der Waals surface area contributed by atoms with E-state index in [1.54, 1.807) is 0 Å². The maximum absolute atomic E-state index is 3.51. The minimum absolute atomic E-state index is 0.266. The van der Waals surface area contributed by atoms with Gasteiger partial charge in [-0.05, 0) is 62.1 Å². The summed E-state index contributed by atoms with van der Waals surface area (Å²) in [6.07, 6.45) is 2.34. The summed E-state index contributed by atoms with van der Waals surface area (Å²) >= 11 is 0. The average molecular weight is 281 g/mol. The molecule has 0 radical (unpaired) electrons. The smallest absolute Gasteiger partial charge is 0.0579 e. The molecule has 0 heterocycles. The van der Waals surface area contributed by atoms with Gasteiger partial charge in [-0.25, -0.2) is 0 Å². The number of benzene rings is 2. The van der Waals surface area contributed by atoms with Crippen molar-refractivity contribution in [2.75, 3.05) is 7.05 Å². The van der Waals surface area contributed by atoms with Gasteiger partial charge in [-0.2, -0.15) is 0 Å². The van der Waals surface area contributed by atoms with E-state index in [-0.39, 0.29) is 6.04 Å². The molecule has 0 aromatic heterocycles. The molecule has 1 heteroatoms. The Kier molecular flexibility index (Phi) is 5.19. The topological polar surface area (TPSA) is 12.0 Å². The van der Waals surface area contributed by atoms with Crippen LogP contribution in [0.2, 0.25) is 0 Å². The van der Waals surface area contributed by atoms with Crippen LogP contribution in [0.5, 0.6) is 0 Å². The van der Waals surface area contributed by atoms with Crippen molar-refractivity contribution in [2.24, 2.45) is 0 Å². The molecule has 0 saturated carbocycles. The van der Waals surface area contributed by atoms with E-state index >= 15 is 0 Å². The zero-order valence-electron chi connectivity index (χ0n) is 14.0. The van der Waals surface area contributed by atoms with E-state index in [1.807, 2.05) is 0 Å². The molecule has 21 heavy (non-hydrogen) atoms. The number of rotatable bonds is 5. The molecular weight excluding hydrogens is 254 g/mol. The van der Waals surface area contributed by atoms with E-state index in [4.69, 9.17) is 0 Å². The fourth-order valence-corrected chi connectivity index (χ4v) is 3.34. The van der Waals surface area contributed by atoms with Crippen LogP contribution in [0.25, 0.3) is 0 Å². The summed E-state index contributed by atoms with van der Waals surface area (Å²) in [4.78, 5) is 0. The summed E-state index contributed by atoms with van der Waals surface area (Å²) < 4.78 is 0. The van der Waals surface area contributed by atoms with Crippen LogP contribution in [-0.4, -0.2) is 7.05 Å². The monoisotopic (exact) mass is 281 g/mol. The quantitative estimate of drug-likeness (QED) is 0.824. The standard InChI is InChI=1S/C20H27N/c1-6-8-17-9-7-10-18(13-17)20(21-5)19-15(3)11-14(2)12-16(19)4/h7,9-13,20-21H,6,8H2,1-5H3. The first-order chi connectivity index (χ1) is 10.1. The summed E-state index contributed by atoms with van der Waals surface area (Å²) in [5.74, 6) is 0. The Morgan fingerprint density at radius 2 is 1.67 bits per heavy atom. The Morgan fingerprint density at radius 3 is 2.24 bits per heavy atom. The molecule has 0 spiro atoms. The number of hydrogen-bond donors (Lipinski definition) is 1. The highest BCUT2D eigenvalue weighted by atomic mass is 14.9. The average Bonchev–Trinajstić information content (AvgIpc) is 2.43. The van der Waals surface area contributed by atoms with Crippen LogP contribution in [0, 0.1) is 20.8 Å². The van der Waals surface area contributed by atoms with Gasteiger partial charge in [0.25, 0.3) is 0 Å². The third kappa shape index (κ3) is 3.54. The lowest BCUT2D eigenvalue weighted by molar-refractivity contribution is 0.681. The highest BCUT2D eigenvalue weighted by Crippen LogP contribution is 2.29. The molecule has 112 valence electrons. The minimum Gasteiger partial charge on any atom is -0.309 e. The molecule has 0 aliphatic carbocycles. The van der Waals surface area contributed by atoms with Gasteiger partial charge >= 0.3 is 0 Å².